The Morgan fingerprint density at radius 3 is 2.67 bits per heavy atom. The summed E-state index contributed by atoms with van der Waals surface area (Å²) in [5.74, 6) is -1.05. The van der Waals surface area contributed by atoms with Crippen molar-refractivity contribution in [1.29, 1.82) is 0 Å². The fraction of sp³-hybridized carbons (Fsp3) is 0. The van der Waals surface area contributed by atoms with E-state index in [1.54, 1.807) is 0 Å². The lowest BCUT2D eigenvalue weighted by molar-refractivity contribution is 0.0688. The lowest BCUT2D eigenvalue weighted by atomic mass is 10.4. The van der Waals surface area contributed by atoms with E-state index in [2.05, 4.69) is 9.97 Å². The molecule has 6 heteroatoms. The van der Waals surface area contributed by atoms with Crippen LogP contribution >= 0.6 is 11.6 Å². The number of carboxylic acids is 1. The van der Waals surface area contributed by atoms with Gasteiger partial charge in [-0.15, -0.1) is 0 Å². The van der Waals surface area contributed by atoms with Crippen LogP contribution in [-0.4, -0.2) is 25.6 Å². The summed E-state index contributed by atoms with van der Waals surface area (Å²) >= 11 is 5.73. The van der Waals surface area contributed by atoms with Crippen LogP contribution in [0.5, 0.6) is 0 Å². The zero-order chi connectivity index (χ0) is 10.8. The maximum absolute atomic E-state index is 10.9. The molecule has 0 saturated carbocycles. The molecule has 0 fully saturated rings. The van der Waals surface area contributed by atoms with Crippen LogP contribution in [0.25, 0.3) is 5.69 Å². The van der Waals surface area contributed by atoms with Crippen LogP contribution in [0.1, 0.15) is 10.5 Å². The highest BCUT2D eigenvalue weighted by Crippen LogP contribution is 2.18. The molecule has 0 spiro atoms. The molecule has 0 aliphatic rings. The van der Waals surface area contributed by atoms with E-state index in [9.17, 15) is 4.79 Å². The Kier molecular flexibility index (Phi) is 2.39. The molecule has 2 rings (SSSR count). The van der Waals surface area contributed by atoms with E-state index >= 15 is 0 Å². The van der Waals surface area contributed by atoms with Crippen LogP contribution in [0.15, 0.2) is 31.0 Å². The molecule has 0 aliphatic heterocycles. The van der Waals surface area contributed by atoms with Gasteiger partial charge in [0.1, 0.15) is 12.0 Å². The van der Waals surface area contributed by atoms with Crippen LogP contribution < -0.4 is 0 Å². The Morgan fingerprint density at radius 2 is 2.07 bits per heavy atom. The molecule has 0 saturated heterocycles. The Hall–Kier alpha value is -1.88. The van der Waals surface area contributed by atoms with E-state index in [0.29, 0.717) is 10.7 Å². The van der Waals surface area contributed by atoms with Gasteiger partial charge < -0.3 is 9.67 Å². The maximum atomic E-state index is 10.9. The summed E-state index contributed by atoms with van der Waals surface area (Å²) in [7, 11) is 0. The third-order valence-corrected chi connectivity index (χ3v) is 2.04. The summed E-state index contributed by atoms with van der Waals surface area (Å²) in [6.45, 7) is 0. The molecule has 1 N–H and O–H groups in total. The lowest BCUT2D eigenvalue weighted by Gasteiger charge is -2.03. The number of hydrogen-bond donors (Lipinski definition) is 1. The first-order valence-corrected chi connectivity index (χ1v) is 4.43. The third-order valence-electron chi connectivity index (χ3n) is 1.83. The third kappa shape index (κ3) is 1.82. The van der Waals surface area contributed by atoms with Crippen molar-refractivity contribution in [3.63, 3.8) is 0 Å². The highest BCUT2D eigenvalue weighted by molar-refractivity contribution is 6.31. The highest BCUT2D eigenvalue weighted by Gasteiger charge is 2.12. The van der Waals surface area contributed by atoms with Crippen molar-refractivity contribution in [2.45, 2.75) is 0 Å². The number of halogens is 1. The van der Waals surface area contributed by atoms with Crippen molar-refractivity contribution < 1.29 is 9.90 Å². The monoisotopic (exact) mass is 223 g/mol. The molecule has 0 amide bonds. The van der Waals surface area contributed by atoms with Crippen molar-refractivity contribution in [2.24, 2.45) is 0 Å². The lowest BCUT2D eigenvalue weighted by Crippen LogP contribution is -2.05. The van der Waals surface area contributed by atoms with E-state index in [1.807, 2.05) is 0 Å². The van der Waals surface area contributed by atoms with Crippen LogP contribution in [0, 0.1) is 0 Å². The van der Waals surface area contributed by atoms with Crippen LogP contribution in [0.4, 0.5) is 0 Å². The molecule has 2 aromatic rings. The number of nitrogens with zero attached hydrogens (tertiary/aromatic N) is 3. The molecule has 0 bridgehead atoms. The molecule has 0 unspecified atom stereocenters. The van der Waals surface area contributed by atoms with E-state index in [0.717, 1.165) is 0 Å². The van der Waals surface area contributed by atoms with Crippen molar-refractivity contribution in [2.75, 3.05) is 0 Å². The first-order chi connectivity index (χ1) is 7.18. The van der Waals surface area contributed by atoms with E-state index in [1.165, 1.54) is 35.6 Å². The molecular weight excluding hydrogens is 218 g/mol. The normalized spacial score (nSPS) is 10.2. The van der Waals surface area contributed by atoms with Gasteiger partial charge in [-0.2, -0.15) is 0 Å². The van der Waals surface area contributed by atoms with Gasteiger partial charge in [0.2, 0.25) is 0 Å². The van der Waals surface area contributed by atoms with Crippen LogP contribution in [0.3, 0.4) is 0 Å². The average molecular weight is 224 g/mol. The number of aromatic carboxylic acids is 1. The zero-order valence-corrected chi connectivity index (χ0v) is 8.22. The first-order valence-electron chi connectivity index (χ1n) is 4.05. The molecule has 0 aliphatic carbocycles. The molecule has 0 radical (unpaired) electrons. The molecule has 2 heterocycles. The Morgan fingerprint density at radius 1 is 1.40 bits per heavy atom. The minimum absolute atomic E-state index is 0.0785. The van der Waals surface area contributed by atoms with Gasteiger partial charge in [-0.1, -0.05) is 11.6 Å². The maximum Gasteiger partial charge on any atom is 0.352 e. The first kappa shape index (κ1) is 9.67. The summed E-state index contributed by atoms with van der Waals surface area (Å²) in [5.41, 5.74) is 0.636. The van der Waals surface area contributed by atoms with Crippen LogP contribution in [-0.2, 0) is 0 Å². The standard InChI is InChI=1S/C9H6ClN3O2/c10-6-1-8(9(14)15)13(4-6)7-2-11-5-12-3-7/h1-5H,(H,14,15). The van der Waals surface area contributed by atoms with Crippen molar-refractivity contribution in [3.8, 4) is 5.69 Å². The summed E-state index contributed by atoms with van der Waals surface area (Å²) in [5, 5.41) is 9.28. The number of hydrogen-bond acceptors (Lipinski definition) is 3. The second-order valence-corrected chi connectivity index (χ2v) is 3.25. The van der Waals surface area contributed by atoms with Crippen molar-refractivity contribution in [1.82, 2.24) is 14.5 Å². The van der Waals surface area contributed by atoms with Gasteiger partial charge in [-0.25, -0.2) is 14.8 Å². The number of carboxylic acid groups (broad SMARTS) is 1. The topological polar surface area (TPSA) is 68.0 Å². The molecule has 5 nitrogen and oxygen atoms in total. The highest BCUT2D eigenvalue weighted by atomic mass is 35.5. The predicted molar refractivity (Wildman–Crippen MR) is 53.3 cm³/mol. The van der Waals surface area contributed by atoms with Crippen molar-refractivity contribution >= 4 is 17.6 Å². The Labute approximate surface area is 90.0 Å². The van der Waals surface area contributed by atoms with Gasteiger partial charge in [0.25, 0.3) is 0 Å². The van der Waals surface area contributed by atoms with Gasteiger partial charge in [-0.3, -0.25) is 0 Å². The average Bonchev–Trinajstić information content (AvgIpc) is 2.62. The van der Waals surface area contributed by atoms with Crippen molar-refractivity contribution in [3.05, 3.63) is 41.7 Å². The Bertz CT molecular complexity index is 495. The summed E-state index contributed by atoms with van der Waals surface area (Å²) in [4.78, 5) is 18.5. The van der Waals surface area contributed by atoms with E-state index in [-0.39, 0.29) is 5.69 Å². The van der Waals surface area contributed by atoms with Gasteiger partial charge >= 0.3 is 5.97 Å². The fourth-order valence-corrected chi connectivity index (χ4v) is 1.43. The second-order valence-electron chi connectivity index (χ2n) is 2.82. The molecule has 0 atom stereocenters. The summed E-state index contributed by atoms with van der Waals surface area (Å²) in [6.07, 6.45) is 5.89. The SMILES string of the molecule is O=C(O)c1cc(Cl)cn1-c1cncnc1. The molecule has 15 heavy (non-hydrogen) atoms. The fourth-order valence-electron chi connectivity index (χ4n) is 1.22. The quantitative estimate of drug-likeness (QED) is 0.840. The number of rotatable bonds is 2. The van der Waals surface area contributed by atoms with E-state index < -0.39 is 5.97 Å². The largest absolute Gasteiger partial charge is 0.477 e. The molecule has 0 aromatic carbocycles. The number of carbonyl (C=O) groups is 1. The van der Waals surface area contributed by atoms with Gasteiger partial charge in [0.05, 0.1) is 23.1 Å². The minimum atomic E-state index is -1.05. The minimum Gasteiger partial charge on any atom is -0.477 e. The Balaban J connectivity index is 2.58. The smallest absolute Gasteiger partial charge is 0.352 e. The molecule has 76 valence electrons. The van der Waals surface area contributed by atoms with Gasteiger partial charge in [0, 0.05) is 6.20 Å². The van der Waals surface area contributed by atoms with Gasteiger partial charge in [-0.05, 0) is 6.07 Å². The predicted octanol–water partition coefficient (Wildman–Crippen LogP) is 1.62. The summed E-state index contributed by atoms with van der Waals surface area (Å²) in [6, 6.07) is 1.37. The van der Waals surface area contributed by atoms with E-state index in [4.69, 9.17) is 16.7 Å². The zero-order valence-electron chi connectivity index (χ0n) is 7.46. The van der Waals surface area contributed by atoms with Crippen LogP contribution in [0.2, 0.25) is 5.02 Å². The summed E-state index contributed by atoms with van der Waals surface area (Å²) < 4.78 is 1.42. The molecule has 2 aromatic heterocycles. The molecular formula is C9H6ClN3O2. The van der Waals surface area contributed by atoms with Gasteiger partial charge in [0.15, 0.2) is 0 Å². The number of aromatic nitrogens is 3. The second kappa shape index (κ2) is 3.70.